The maximum Gasteiger partial charge on any atom is 0.341 e. The zero-order valence-electron chi connectivity index (χ0n) is 14.3. The van der Waals surface area contributed by atoms with E-state index >= 15 is 0 Å². The van der Waals surface area contributed by atoms with E-state index in [9.17, 15) is 9.59 Å². The molecule has 1 spiro atoms. The highest BCUT2D eigenvalue weighted by Gasteiger charge is 2.43. The molecule has 3 rings (SSSR count). The molecule has 0 radical (unpaired) electrons. The average Bonchev–Trinajstić information content (AvgIpc) is 2.59. The van der Waals surface area contributed by atoms with Crippen molar-refractivity contribution in [3.05, 3.63) is 23.8 Å². The molecule has 25 heavy (non-hydrogen) atoms. The van der Waals surface area contributed by atoms with Gasteiger partial charge in [0.15, 0.2) is 18.1 Å². The van der Waals surface area contributed by atoms with E-state index in [0.29, 0.717) is 43.4 Å². The van der Waals surface area contributed by atoms with Crippen molar-refractivity contribution in [1.82, 2.24) is 4.90 Å². The van der Waals surface area contributed by atoms with Crippen molar-refractivity contribution < 1.29 is 28.9 Å². The Hall–Kier alpha value is -2.28. The zero-order valence-corrected chi connectivity index (χ0v) is 14.3. The van der Waals surface area contributed by atoms with Crippen LogP contribution in [0, 0.1) is 0 Å². The Labute approximate surface area is 146 Å². The van der Waals surface area contributed by atoms with Crippen LogP contribution < -0.4 is 9.47 Å². The Bertz CT molecular complexity index is 655. The van der Waals surface area contributed by atoms with Crippen LogP contribution in [0.5, 0.6) is 11.5 Å². The molecule has 1 saturated carbocycles. The number of aliphatic carboxylic acids is 1. The van der Waals surface area contributed by atoms with Crippen LogP contribution in [-0.4, -0.2) is 60.4 Å². The topological polar surface area (TPSA) is 85.3 Å². The Morgan fingerprint density at radius 1 is 1.28 bits per heavy atom. The predicted octanol–water partition coefficient (Wildman–Crippen LogP) is 1.94. The zero-order chi connectivity index (χ0) is 17.9. The van der Waals surface area contributed by atoms with E-state index in [4.69, 9.17) is 19.3 Å². The average molecular weight is 349 g/mol. The van der Waals surface area contributed by atoms with E-state index < -0.39 is 12.6 Å². The molecule has 7 nitrogen and oxygen atoms in total. The Kier molecular flexibility index (Phi) is 5.13. The van der Waals surface area contributed by atoms with Crippen molar-refractivity contribution in [3.63, 3.8) is 0 Å². The van der Waals surface area contributed by atoms with Crippen LogP contribution in [-0.2, 0) is 9.53 Å². The van der Waals surface area contributed by atoms with Gasteiger partial charge < -0.3 is 24.2 Å². The van der Waals surface area contributed by atoms with Gasteiger partial charge in [-0.1, -0.05) is 0 Å². The third-order valence-electron chi connectivity index (χ3n) is 4.64. The molecule has 1 aliphatic carbocycles. The van der Waals surface area contributed by atoms with Crippen molar-refractivity contribution in [1.29, 1.82) is 0 Å². The molecule has 0 bridgehead atoms. The number of hydrogen-bond donors (Lipinski definition) is 1. The molecule has 1 aromatic carbocycles. The summed E-state index contributed by atoms with van der Waals surface area (Å²) in [5.74, 6) is -0.443. The number of carbonyl (C=O) groups is 2. The van der Waals surface area contributed by atoms with Gasteiger partial charge in [0.25, 0.3) is 5.91 Å². The molecule has 1 saturated heterocycles. The first-order valence-electron chi connectivity index (χ1n) is 8.58. The molecule has 0 atom stereocenters. The lowest BCUT2D eigenvalue weighted by Gasteiger charge is -2.48. The summed E-state index contributed by atoms with van der Waals surface area (Å²) in [7, 11) is 0. The van der Waals surface area contributed by atoms with Gasteiger partial charge in [0.2, 0.25) is 0 Å². The van der Waals surface area contributed by atoms with Gasteiger partial charge in [-0.3, -0.25) is 4.79 Å². The Balaban J connectivity index is 1.75. The molecule has 1 N–H and O–H groups in total. The van der Waals surface area contributed by atoms with E-state index in [-0.39, 0.29) is 11.5 Å². The summed E-state index contributed by atoms with van der Waals surface area (Å²) in [6.45, 7) is 3.50. The summed E-state index contributed by atoms with van der Waals surface area (Å²) < 4.78 is 16.6. The van der Waals surface area contributed by atoms with Crippen molar-refractivity contribution in [2.45, 2.75) is 31.8 Å². The molecular weight excluding hydrogens is 326 g/mol. The van der Waals surface area contributed by atoms with Gasteiger partial charge in [-0.2, -0.15) is 0 Å². The number of morpholine rings is 1. The summed E-state index contributed by atoms with van der Waals surface area (Å²) in [6.07, 6.45) is 3.15. The highest BCUT2D eigenvalue weighted by Crippen LogP contribution is 2.38. The van der Waals surface area contributed by atoms with Crippen LogP contribution in [0.2, 0.25) is 0 Å². The summed E-state index contributed by atoms with van der Waals surface area (Å²) in [4.78, 5) is 25.3. The minimum atomic E-state index is -1.07. The molecule has 0 unspecified atom stereocenters. The lowest BCUT2D eigenvalue weighted by molar-refractivity contribution is -0.142. The number of carboxylic acids is 1. The van der Waals surface area contributed by atoms with E-state index in [2.05, 4.69) is 0 Å². The maximum absolute atomic E-state index is 12.8. The third kappa shape index (κ3) is 3.87. The minimum Gasteiger partial charge on any atom is -0.490 e. The van der Waals surface area contributed by atoms with Crippen LogP contribution in [0.4, 0.5) is 0 Å². The smallest absolute Gasteiger partial charge is 0.341 e. The first-order valence-corrected chi connectivity index (χ1v) is 8.58. The SMILES string of the molecule is CCOc1cc(C(=O)N2CCOC3(CCC3)C2)ccc1OCC(=O)O. The second-order valence-corrected chi connectivity index (χ2v) is 6.39. The number of carbonyl (C=O) groups excluding carboxylic acids is 1. The van der Waals surface area contributed by atoms with Gasteiger partial charge in [0.1, 0.15) is 0 Å². The number of rotatable bonds is 6. The Morgan fingerprint density at radius 3 is 2.72 bits per heavy atom. The number of hydrogen-bond acceptors (Lipinski definition) is 5. The molecule has 1 amide bonds. The molecule has 136 valence electrons. The van der Waals surface area contributed by atoms with Crippen molar-refractivity contribution in [2.75, 3.05) is 32.9 Å². The normalized spacial score (nSPS) is 18.5. The molecule has 1 heterocycles. The lowest BCUT2D eigenvalue weighted by atomic mass is 9.79. The first-order chi connectivity index (χ1) is 12.0. The van der Waals surface area contributed by atoms with Crippen LogP contribution in [0.3, 0.4) is 0 Å². The Morgan fingerprint density at radius 2 is 2.08 bits per heavy atom. The van der Waals surface area contributed by atoms with Crippen LogP contribution in [0.25, 0.3) is 0 Å². The van der Waals surface area contributed by atoms with Gasteiger partial charge in [0, 0.05) is 12.1 Å². The largest absolute Gasteiger partial charge is 0.490 e. The number of carboxylic acid groups (broad SMARTS) is 1. The van der Waals surface area contributed by atoms with Crippen molar-refractivity contribution in [3.8, 4) is 11.5 Å². The third-order valence-corrected chi connectivity index (χ3v) is 4.64. The van der Waals surface area contributed by atoms with Crippen LogP contribution >= 0.6 is 0 Å². The van der Waals surface area contributed by atoms with Gasteiger partial charge >= 0.3 is 5.97 Å². The fourth-order valence-electron chi connectivity index (χ4n) is 3.24. The number of nitrogens with zero attached hydrogens (tertiary/aromatic N) is 1. The van der Waals surface area contributed by atoms with Gasteiger partial charge in [-0.15, -0.1) is 0 Å². The summed E-state index contributed by atoms with van der Waals surface area (Å²) >= 11 is 0. The molecule has 7 heteroatoms. The molecule has 2 aliphatic rings. The highest BCUT2D eigenvalue weighted by molar-refractivity contribution is 5.95. The van der Waals surface area contributed by atoms with Crippen LogP contribution in [0.15, 0.2) is 18.2 Å². The van der Waals surface area contributed by atoms with E-state index in [1.807, 2.05) is 11.8 Å². The maximum atomic E-state index is 12.8. The van der Waals surface area contributed by atoms with E-state index in [1.165, 1.54) is 0 Å². The quantitative estimate of drug-likeness (QED) is 0.845. The molecular formula is C18H23NO6. The van der Waals surface area contributed by atoms with Gasteiger partial charge in [0.05, 0.1) is 25.4 Å². The van der Waals surface area contributed by atoms with Crippen molar-refractivity contribution >= 4 is 11.9 Å². The van der Waals surface area contributed by atoms with Crippen molar-refractivity contribution in [2.24, 2.45) is 0 Å². The molecule has 1 aliphatic heterocycles. The first kappa shape index (κ1) is 17.5. The standard InChI is InChI=1S/C18H23NO6/c1-2-23-15-10-13(4-5-14(15)24-11-16(20)21)17(22)19-8-9-25-18(12-19)6-3-7-18/h4-5,10H,2-3,6-9,11-12H2,1H3,(H,20,21). The summed E-state index contributed by atoms with van der Waals surface area (Å²) in [6, 6.07) is 4.84. The highest BCUT2D eigenvalue weighted by atomic mass is 16.5. The number of ether oxygens (including phenoxy) is 3. The lowest BCUT2D eigenvalue weighted by Crippen LogP contribution is -2.57. The summed E-state index contributed by atoms with van der Waals surface area (Å²) in [5.41, 5.74) is 0.351. The fourth-order valence-corrected chi connectivity index (χ4v) is 3.24. The second-order valence-electron chi connectivity index (χ2n) is 6.39. The molecule has 0 aromatic heterocycles. The fraction of sp³-hybridized carbons (Fsp3) is 0.556. The van der Waals surface area contributed by atoms with Crippen LogP contribution in [0.1, 0.15) is 36.5 Å². The monoisotopic (exact) mass is 349 g/mol. The predicted molar refractivity (Wildman–Crippen MR) is 89.2 cm³/mol. The van der Waals surface area contributed by atoms with Gasteiger partial charge in [-0.05, 0) is 44.4 Å². The van der Waals surface area contributed by atoms with Gasteiger partial charge in [-0.25, -0.2) is 4.79 Å². The number of amides is 1. The molecule has 1 aromatic rings. The summed E-state index contributed by atoms with van der Waals surface area (Å²) in [5, 5.41) is 8.75. The van der Waals surface area contributed by atoms with E-state index in [0.717, 1.165) is 19.3 Å². The minimum absolute atomic E-state index is 0.0692. The number of benzene rings is 1. The molecule has 2 fully saturated rings. The van der Waals surface area contributed by atoms with E-state index in [1.54, 1.807) is 18.2 Å². The second kappa shape index (κ2) is 7.31.